The molecule has 1 heterocycles. The smallest absolute Gasteiger partial charge is 0.0471 e. The van der Waals surface area contributed by atoms with E-state index in [2.05, 4.69) is 26.1 Å². The highest BCUT2D eigenvalue weighted by Crippen LogP contribution is 2.34. The lowest BCUT2D eigenvalue weighted by atomic mass is 9.82. The van der Waals surface area contributed by atoms with Crippen molar-refractivity contribution >= 4 is 0 Å². The summed E-state index contributed by atoms with van der Waals surface area (Å²) in [6.45, 7) is 10.4. The van der Waals surface area contributed by atoms with Crippen LogP contribution in [0.2, 0.25) is 0 Å². The second-order valence-corrected chi connectivity index (χ2v) is 7.60. The molecular formula is C16H31NO. The molecule has 1 saturated carbocycles. The standard InChI is InChI=1S/C16H31NO/c1-15(2)7-4-5-14(6-8-15)17-13-16(3)9-11-18-12-10-16/h14,17H,4-13H2,1-3H3. The Bertz CT molecular complexity index is 256. The first-order chi connectivity index (χ1) is 8.49. The van der Waals surface area contributed by atoms with Crippen LogP contribution in [0.4, 0.5) is 0 Å². The predicted molar refractivity (Wildman–Crippen MR) is 76.8 cm³/mol. The average molecular weight is 253 g/mol. The minimum absolute atomic E-state index is 0.472. The van der Waals surface area contributed by atoms with Gasteiger partial charge in [-0.2, -0.15) is 0 Å². The van der Waals surface area contributed by atoms with Crippen LogP contribution >= 0.6 is 0 Å². The summed E-state index contributed by atoms with van der Waals surface area (Å²) >= 11 is 0. The van der Waals surface area contributed by atoms with E-state index < -0.39 is 0 Å². The van der Waals surface area contributed by atoms with Gasteiger partial charge in [0.25, 0.3) is 0 Å². The Kier molecular flexibility index (Phi) is 4.71. The van der Waals surface area contributed by atoms with E-state index in [-0.39, 0.29) is 0 Å². The summed E-state index contributed by atoms with van der Waals surface area (Å²) in [5, 5.41) is 3.85. The van der Waals surface area contributed by atoms with Crippen molar-refractivity contribution in [1.29, 1.82) is 0 Å². The lowest BCUT2D eigenvalue weighted by Crippen LogP contribution is -2.41. The molecule has 18 heavy (non-hydrogen) atoms. The normalized spacial score (nSPS) is 31.8. The SMILES string of the molecule is CC1(C)CCCC(NCC2(C)CCOCC2)CC1. The van der Waals surface area contributed by atoms with E-state index in [9.17, 15) is 0 Å². The molecule has 1 aliphatic carbocycles. The number of hydrogen-bond donors (Lipinski definition) is 1. The van der Waals surface area contributed by atoms with Crippen molar-refractivity contribution < 1.29 is 4.74 Å². The highest BCUT2D eigenvalue weighted by atomic mass is 16.5. The fraction of sp³-hybridized carbons (Fsp3) is 1.00. The number of ether oxygens (including phenoxy) is 1. The molecule has 0 radical (unpaired) electrons. The number of nitrogens with one attached hydrogen (secondary N) is 1. The van der Waals surface area contributed by atoms with E-state index in [0.29, 0.717) is 10.8 Å². The first-order valence-corrected chi connectivity index (χ1v) is 7.80. The zero-order valence-electron chi connectivity index (χ0n) is 12.6. The summed E-state index contributed by atoms with van der Waals surface area (Å²) in [5.41, 5.74) is 1.04. The van der Waals surface area contributed by atoms with Crippen LogP contribution < -0.4 is 5.32 Å². The lowest BCUT2D eigenvalue weighted by Gasteiger charge is -2.35. The van der Waals surface area contributed by atoms with Gasteiger partial charge in [0.15, 0.2) is 0 Å². The van der Waals surface area contributed by atoms with Crippen molar-refractivity contribution in [1.82, 2.24) is 5.32 Å². The lowest BCUT2D eigenvalue weighted by molar-refractivity contribution is 0.0226. The molecule has 1 saturated heterocycles. The van der Waals surface area contributed by atoms with Gasteiger partial charge >= 0.3 is 0 Å². The molecule has 0 bridgehead atoms. The van der Waals surface area contributed by atoms with Crippen molar-refractivity contribution in [3.63, 3.8) is 0 Å². The molecule has 0 amide bonds. The third-order valence-corrected chi connectivity index (χ3v) is 5.09. The van der Waals surface area contributed by atoms with E-state index in [4.69, 9.17) is 4.74 Å². The van der Waals surface area contributed by atoms with Gasteiger partial charge in [0.2, 0.25) is 0 Å². The molecule has 1 atom stereocenters. The fourth-order valence-electron chi connectivity index (χ4n) is 3.30. The molecule has 0 aromatic carbocycles. The minimum atomic E-state index is 0.472. The summed E-state index contributed by atoms with van der Waals surface area (Å²) < 4.78 is 5.48. The summed E-state index contributed by atoms with van der Waals surface area (Å²) in [6.07, 6.45) is 9.34. The van der Waals surface area contributed by atoms with Gasteiger partial charge in [0.05, 0.1) is 0 Å². The van der Waals surface area contributed by atoms with Gasteiger partial charge in [0.1, 0.15) is 0 Å². The maximum atomic E-state index is 5.48. The predicted octanol–water partition coefficient (Wildman–Crippen LogP) is 3.75. The summed E-state index contributed by atoms with van der Waals surface area (Å²) in [7, 11) is 0. The Balaban J connectivity index is 1.76. The van der Waals surface area contributed by atoms with Crippen LogP contribution in [0.1, 0.15) is 65.7 Å². The van der Waals surface area contributed by atoms with Gasteiger partial charge in [-0.25, -0.2) is 0 Å². The summed E-state index contributed by atoms with van der Waals surface area (Å²) in [6, 6.07) is 0.756. The fourth-order valence-corrected chi connectivity index (χ4v) is 3.30. The molecule has 0 aromatic rings. The Morgan fingerprint density at radius 3 is 2.44 bits per heavy atom. The monoisotopic (exact) mass is 253 g/mol. The maximum absolute atomic E-state index is 5.48. The van der Waals surface area contributed by atoms with E-state index in [0.717, 1.165) is 19.3 Å². The first-order valence-electron chi connectivity index (χ1n) is 7.80. The van der Waals surface area contributed by atoms with Crippen molar-refractivity contribution in [2.75, 3.05) is 19.8 Å². The van der Waals surface area contributed by atoms with Gasteiger partial charge in [-0.05, 0) is 49.4 Å². The van der Waals surface area contributed by atoms with Crippen LogP contribution in [0.3, 0.4) is 0 Å². The Labute approximate surface area is 113 Å². The van der Waals surface area contributed by atoms with Crippen molar-refractivity contribution in [2.45, 2.75) is 71.8 Å². The van der Waals surface area contributed by atoms with Crippen molar-refractivity contribution in [3.8, 4) is 0 Å². The van der Waals surface area contributed by atoms with Gasteiger partial charge < -0.3 is 10.1 Å². The van der Waals surface area contributed by atoms with Crippen molar-refractivity contribution in [2.24, 2.45) is 10.8 Å². The van der Waals surface area contributed by atoms with Crippen LogP contribution in [-0.2, 0) is 4.74 Å². The molecule has 1 unspecified atom stereocenters. The molecule has 1 aliphatic heterocycles. The van der Waals surface area contributed by atoms with Gasteiger partial charge in [-0.15, -0.1) is 0 Å². The Morgan fingerprint density at radius 2 is 1.72 bits per heavy atom. The largest absolute Gasteiger partial charge is 0.381 e. The van der Waals surface area contributed by atoms with E-state index in [1.54, 1.807) is 0 Å². The first kappa shape index (κ1) is 14.3. The summed E-state index contributed by atoms with van der Waals surface area (Å²) in [4.78, 5) is 0. The van der Waals surface area contributed by atoms with Crippen molar-refractivity contribution in [3.05, 3.63) is 0 Å². The number of hydrogen-bond acceptors (Lipinski definition) is 2. The molecule has 0 spiro atoms. The quantitative estimate of drug-likeness (QED) is 0.773. The van der Waals surface area contributed by atoms with E-state index >= 15 is 0 Å². The van der Waals surface area contributed by atoms with Crippen LogP contribution in [0.5, 0.6) is 0 Å². The maximum Gasteiger partial charge on any atom is 0.0471 e. The molecule has 2 heteroatoms. The third kappa shape index (κ3) is 4.24. The second kappa shape index (κ2) is 5.92. The minimum Gasteiger partial charge on any atom is -0.381 e. The highest BCUT2D eigenvalue weighted by Gasteiger charge is 2.29. The third-order valence-electron chi connectivity index (χ3n) is 5.09. The van der Waals surface area contributed by atoms with Crippen LogP contribution in [0.15, 0.2) is 0 Å². The van der Waals surface area contributed by atoms with Gasteiger partial charge in [-0.3, -0.25) is 0 Å². The average Bonchev–Trinajstić information content (AvgIpc) is 2.49. The molecule has 2 aliphatic rings. The van der Waals surface area contributed by atoms with Crippen LogP contribution in [0, 0.1) is 10.8 Å². The Morgan fingerprint density at radius 1 is 1.00 bits per heavy atom. The second-order valence-electron chi connectivity index (χ2n) is 7.60. The zero-order chi connectivity index (χ0) is 13.1. The van der Waals surface area contributed by atoms with Gasteiger partial charge in [-0.1, -0.05) is 27.2 Å². The highest BCUT2D eigenvalue weighted by molar-refractivity contribution is 4.84. The van der Waals surface area contributed by atoms with E-state index in [1.165, 1.54) is 51.5 Å². The van der Waals surface area contributed by atoms with Gasteiger partial charge in [0, 0.05) is 25.8 Å². The molecule has 2 rings (SSSR count). The summed E-state index contributed by atoms with van der Waals surface area (Å²) in [5.74, 6) is 0. The Hall–Kier alpha value is -0.0800. The van der Waals surface area contributed by atoms with E-state index in [1.807, 2.05) is 0 Å². The molecule has 2 fully saturated rings. The molecule has 106 valence electrons. The van der Waals surface area contributed by atoms with Crippen LogP contribution in [-0.4, -0.2) is 25.8 Å². The molecule has 2 nitrogen and oxygen atoms in total. The molecule has 0 aromatic heterocycles. The zero-order valence-corrected chi connectivity index (χ0v) is 12.6. The number of rotatable bonds is 3. The topological polar surface area (TPSA) is 21.3 Å². The van der Waals surface area contributed by atoms with Crippen LogP contribution in [0.25, 0.3) is 0 Å². The molecule has 1 N–H and O–H groups in total. The molecular weight excluding hydrogens is 222 g/mol.